The summed E-state index contributed by atoms with van der Waals surface area (Å²) in [5.74, 6) is 1.08. The molecule has 0 saturated heterocycles. The highest BCUT2D eigenvalue weighted by Gasteiger charge is 2.13. The van der Waals surface area contributed by atoms with Gasteiger partial charge in [0.1, 0.15) is 12.2 Å². The second kappa shape index (κ2) is 8.52. The number of nitrogens with one attached hydrogen (secondary N) is 1. The molecule has 0 aliphatic carbocycles. The summed E-state index contributed by atoms with van der Waals surface area (Å²) in [6, 6.07) is 4.56. The van der Waals surface area contributed by atoms with Gasteiger partial charge >= 0.3 is 0 Å². The Morgan fingerprint density at radius 1 is 1.33 bits per heavy atom. The average molecular weight is 287 g/mol. The summed E-state index contributed by atoms with van der Waals surface area (Å²) in [5.41, 5.74) is 1.29. The third kappa shape index (κ3) is 4.93. The van der Waals surface area contributed by atoms with E-state index in [1.54, 1.807) is 6.33 Å². The number of pyridine rings is 1. The van der Waals surface area contributed by atoms with Crippen molar-refractivity contribution >= 4 is 0 Å². The molecule has 1 N–H and O–H groups in total. The molecule has 0 spiro atoms. The lowest BCUT2D eigenvalue weighted by atomic mass is 10.0. The van der Waals surface area contributed by atoms with E-state index in [1.807, 2.05) is 23.1 Å². The molecule has 1 unspecified atom stereocenters. The van der Waals surface area contributed by atoms with Crippen LogP contribution in [0.25, 0.3) is 0 Å². The molecule has 2 aromatic rings. The standard InChI is InChI=1S/C16H25N5/c1-3-10-21-16(19-13-20-21)11-15(18-4-2)8-7-14-6-5-9-17-12-14/h5-6,9,12-13,15,18H,3-4,7-8,10-11H2,1-2H3. The second-order valence-corrected chi connectivity index (χ2v) is 5.26. The van der Waals surface area contributed by atoms with Gasteiger partial charge in [-0.3, -0.25) is 9.67 Å². The van der Waals surface area contributed by atoms with Crippen molar-refractivity contribution in [2.24, 2.45) is 0 Å². The maximum Gasteiger partial charge on any atom is 0.138 e. The van der Waals surface area contributed by atoms with E-state index in [0.29, 0.717) is 6.04 Å². The van der Waals surface area contributed by atoms with E-state index in [-0.39, 0.29) is 0 Å². The fourth-order valence-electron chi connectivity index (χ4n) is 2.52. The van der Waals surface area contributed by atoms with E-state index in [2.05, 4.69) is 40.3 Å². The molecule has 0 aliphatic rings. The van der Waals surface area contributed by atoms with Gasteiger partial charge in [0.05, 0.1) is 0 Å². The predicted molar refractivity (Wildman–Crippen MR) is 84.0 cm³/mol. The van der Waals surface area contributed by atoms with Gasteiger partial charge in [0, 0.05) is 31.4 Å². The van der Waals surface area contributed by atoms with E-state index in [9.17, 15) is 0 Å². The van der Waals surface area contributed by atoms with Crippen LogP contribution in [0.1, 0.15) is 38.1 Å². The fraction of sp³-hybridized carbons (Fsp3) is 0.562. The molecule has 5 nitrogen and oxygen atoms in total. The molecule has 1 atom stereocenters. The lowest BCUT2D eigenvalue weighted by Crippen LogP contribution is -2.32. The lowest BCUT2D eigenvalue weighted by Gasteiger charge is -2.17. The zero-order chi connectivity index (χ0) is 14.9. The molecule has 0 aromatic carbocycles. The van der Waals surface area contributed by atoms with Crippen LogP contribution < -0.4 is 5.32 Å². The third-order valence-corrected chi connectivity index (χ3v) is 3.56. The minimum absolute atomic E-state index is 0.426. The van der Waals surface area contributed by atoms with Crippen molar-refractivity contribution in [3.8, 4) is 0 Å². The highest BCUT2D eigenvalue weighted by molar-refractivity contribution is 5.08. The van der Waals surface area contributed by atoms with Gasteiger partial charge < -0.3 is 5.32 Å². The Morgan fingerprint density at radius 2 is 2.24 bits per heavy atom. The van der Waals surface area contributed by atoms with Crippen molar-refractivity contribution < 1.29 is 0 Å². The van der Waals surface area contributed by atoms with Crippen LogP contribution in [0.4, 0.5) is 0 Å². The first-order valence-electron chi connectivity index (χ1n) is 7.82. The summed E-state index contributed by atoms with van der Waals surface area (Å²) in [5, 5.41) is 7.86. The quantitative estimate of drug-likeness (QED) is 0.768. The molecule has 2 heterocycles. The average Bonchev–Trinajstić information content (AvgIpc) is 2.94. The zero-order valence-electron chi connectivity index (χ0n) is 13.0. The molecule has 0 amide bonds. The Kier molecular flexibility index (Phi) is 6.34. The van der Waals surface area contributed by atoms with Gasteiger partial charge in [0.2, 0.25) is 0 Å². The van der Waals surface area contributed by atoms with Crippen LogP contribution in [0.2, 0.25) is 0 Å². The molecule has 21 heavy (non-hydrogen) atoms. The summed E-state index contributed by atoms with van der Waals surface area (Å²) < 4.78 is 2.02. The number of hydrogen-bond acceptors (Lipinski definition) is 4. The Morgan fingerprint density at radius 3 is 2.95 bits per heavy atom. The Bertz CT molecular complexity index is 508. The van der Waals surface area contributed by atoms with Crippen LogP contribution in [0.5, 0.6) is 0 Å². The molecule has 114 valence electrons. The summed E-state index contributed by atoms with van der Waals surface area (Å²) in [4.78, 5) is 8.59. The van der Waals surface area contributed by atoms with Gasteiger partial charge in [-0.05, 0) is 37.4 Å². The van der Waals surface area contributed by atoms with E-state index < -0.39 is 0 Å². The summed E-state index contributed by atoms with van der Waals surface area (Å²) in [6.45, 7) is 6.22. The fourth-order valence-corrected chi connectivity index (χ4v) is 2.52. The highest BCUT2D eigenvalue weighted by Crippen LogP contribution is 2.08. The molecular formula is C16H25N5. The minimum atomic E-state index is 0.426. The molecule has 2 aromatic heterocycles. The highest BCUT2D eigenvalue weighted by atomic mass is 15.3. The van der Waals surface area contributed by atoms with Crippen molar-refractivity contribution in [1.29, 1.82) is 0 Å². The Labute approximate surface area is 126 Å². The van der Waals surface area contributed by atoms with E-state index in [4.69, 9.17) is 0 Å². The second-order valence-electron chi connectivity index (χ2n) is 5.26. The smallest absolute Gasteiger partial charge is 0.138 e. The maximum atomic E-state index is 4.41. The first kappa shape index (κ1) is 15.6. The third-order valence-electron chi connectivity index (χ3n) is 3.56. The van der Waals surface area contributed by atoms with Crippen molar-refractivity contribution in [3.05, 3.63) is 42.2 Å². The van der Waals surface area contributed by atoms with Crippen LogP contribution in [0.3, 0.4) is 0 Å². The van der Waals surface area contributed by atoms with Gasteiger partial charge in [-0.1, -0.05) is 19.9 Å². The number of nitrogens with zero attached hydrogens (tertiary/aromatic N) is 4. The SMILES string of the molecule is CCCn1ncnc1CC(CCc1cccnc1)NCC. The van der Waals surface area contributed by atoms with Crippen LogP contribution in [-0.4, -0.2) is 32.3 Å². The van der Waals surface area contributed by atoms with E-state index in [0.717, 1.165) is 44.6 Å². The largest absolute Gasteiger partial charge is 0.314 e. The van der Waals surface area contributed by atoms with Crippen LogP contribution in [-0.2, 0) is 19.4 Å². The summed E-state index contributed by atoms with van der Waals surface area (Å²) in [6.07, 6.45) is 9.55. The first-order chi connectivity index (χ1) is 10.3. The monoisotopic (exact) mass is 287 g/mol. The van der Waals surface area contributed by atoms with E-state index >= 15 is 0 Å². The number of aromatic nitrogens is 4. The van der Waals surface area contributed by atoms with Gasteiger partial charge in [-0.25, -0.2) is 4.98 Å². The predicted octanol–water partition coefficient (Wildman–Crippen LogP) is 2.24. The minimum Gasteiger partial charge on any atom is -0.314 e. The van der Waals surface area contributed by atoms with E-state index in [1.165, 1.54) is 5.56 Å². The Balaban J connectivity index is 1.93. The van der Waals surface area contributed by atoms with Crippen molar-refractivity contribution in [2.75, 3.05) is 6.54 Å². The topological polar surface area (TPSA) is 55.6 Å². The van der Waals surface area contributed by atoms with Crippen molar-refractivity contribution in [1.82, 2.24) is 25.1 Å². The molecule has 0 bridgehead atoms. The van der Waals surface area contributed by atoms with Gasteiger partial charge in [0.25, 0.3) is 0 Å². The van der Waals surface area contributed by atoms with Crippen LogP contribution in [0.15, 0.2) is 30.9 Å². The van der Waals surface area contributed by atoms with Gasteiger partial charge in [-0.2, -0.15) is 5.10 Å². The lowest BCUT2D eigenvalue weighted by molar-refractivity contribution is 0.461. The molecule has 0 radical (unpaired) electrons. The molecule has 0 saturated carbocycles. The number of aryl methyl sites for hydroxylation is 2. The van der Waals surface area contributed by atoms with Crippen molar-refractivity contribution in [2.45, 2.75) is 52.1 Å². The number of likely N-dealkylation sites (N-methyl/N-ethyl adjacent to an activating group) is 1. The van der Waals surface area contributed by atoms with Crippen molar-refractivity contribution in [3.63, 3.8) is 0 Å². The summed E-state index contributed by atoms with van der Waals surface area (Å²) >= 11 is 0. The molecule has 0 aliphatic heterocycles. The molecule has 0 fully saturated rings. The molecular weight excluding hydrogens is 262 g/mol. The Hall–Kier alpha value is -1.75. The van der Waals surface area contributed by atoms with Gasteiger partial charge in [-0.15, -0.1) is 0 Å². The number of rotatable bonds is 9. The van der Waals surface area contributed by atoms with Gasteiger partial charge in [0.15, 0.2) is 0 Å². The molecule has 2 rings (SSSR count). The van der Waals surface area contributed by atoms with Crippen LogP contribution in [0, 0.1) is 0 Å². The molecule has 5 heteroatoms. The zero-order valence-corrected chi connectivity index (χ0v) is 13.0. The summed E-state index contributed by atoms with van der Waals surface area (Å²) in [7, 11) is 0. The van der Waals surface area contributed by atoms with Crippen LogP contribution >= 0.6 is 0 Å². The number of hydrogen-bond donors (Lipinski definition) is 1. The normalized spacial score (nSPS) is 12.5. The maximum absolute atomic E-state index is 4.41. The first-order valence-corrected chi connectivity index (χ1v) is 7.82.